The number of aliphatic hydroxyl groups is 1. The summed E-state index contributed by atoms with van der Waals surface area (Å²) < 4.78 is 5.61. The molecule has 1 fully saturated rings. The third kappa shape index (κ3) is 3.13. The van der Waals surface area contributed by atoms with Crippen LogP contribution in [0.4, 0.5) is 0 Å². The van der Waals surface area contributed by atoms with Crippen LogP contribution in [0.15, 0.2) is 24.3 Å². The van der Waals surface area contributed by atoms with E-state index in [0.717, 1.165) is 49.8 Å². The average molecular weight is 273 g/mol. The van der Waals surface area contributed by atoms with Crippen LogP contribution in [-0.2, 0) is 0 Å². The quantitative estimate of drug-likeness (QED) is 0.882. The molecule has 108 valence electrons. The van der Waals surface area contributed by atoms with E-state index in [1.54, 1.807) is 0 Å². The Kier molecular flexibility index (Phi) is 5.03. The Morgan fingerprint density at radius 2 is 2.10 bits per heavy atom. The lowest BCUT2D eigenvalue weighted by atomic mass is 9.69. The van der Waals surface area contributed by atoms with Crippen LogP contribution in [0.5, 0.6) is 5.75 Å². The number of hydrogen-bond acceptors (Lipinski definition) is 3. The topological polar surface area (TPSA) is 53.2 Å². The van der Waals surface area contributed by atoms with Crippen molar-refractivity contribution < 1.29 is 9.84 Å². The van der Waals surface area contributed by atoms with Crippen LogP contribution < -0.4 is 4.74 Å². The lowest BCUT2D eigenvalue weighted by molar-refractivity contribution is 0.0358. The maximum atomic E-state index is 10.7. The molecule has 0 aromatic heterocycles. The highest BCUT2D eigenvalue weighted by molar-refractivity contribution is 5.32. The minimum absolute atomic E-state index is 0.623. The molecule has 1 saturated carbocycles. The highest BCUT2D eigenvalue weighted by Crippen LogP contribution is 2.45. The number of aliphatic hydroxyl groups excluding tert-OH is 1. The summed E-state index contributed by atoms with van der Waals surface area (Å²) in [5.41, 5.74) is 0.170. The summed E-state index contributed by atoms with van der Waals surface area (Å²) in [7, 11) is 0. The first-order chi connectivity index (χ1) is 9.72. The van der Waals surface area contributed by atoms with Gasteiger partial charge in [-0.1, -0.05) is 38.3 Å². The number of benzene rings is 1. The molecule has 3 heteroatoms. The molecule has 20 heavy (non-hydrogen) atoms. The van der Waals surface area contributed by atoms with Gasteiger partial charge in [0, 0.05) is 0 Å². The monoisotopic (exact) mass is 273 g/mol. The van der Waals surface area contributed by atoms with Gasteiger partial charge in [-0.25, -0.2) is 0 Å². The predicted molar refractivity (Wildman–Crippen MR) is 78.3 cm³/mol. The third-order valence-electron chi connectivity index (χ3n) is 4.14. The number of hydrogen-bond donors (Lipinski definition) is 1. The van der Waals surface area contributed by atoms with Gasteiger partial charge in [0.25, 0.3) is 0 Å². The molecular formula is C17H23NO2. The van der Waals surface area contributed by atoms with Crippen LogP contribution in [0.3, 0.4) is 0 Å². The summed E-state index contributed by atoms with van der Waals surface area (Å²) in [6, 6.07) is 9.92. The molecule has 1 N–H and O–H groups in total. The van der Waals surface area contributed by atoms with Crippen LogP contribution in [-0.4, -0.2) is 11.7 Å². The Morgan fingerprint density at radius 1 is 1.35 bits per heavy atom. The van der Waals surface area contributed by atoms with E-state index in [2.05, 4.69) is 13.0 Å². The number of ether oxygens (including phenoxy) is 1. The van der Waals surface area contributed by atoms with E-state index in [1.807, 2.05) is 24.3 Å². The van der Waals surface area contributed by atoms with Gasteiger partial charge >= 0.3 is 0 Å². The van der Waals surface area contributed by atoms with Gasteiger partial charge in [0.2, 0.25) is 0 Å². The predicted octanol–water partition coefficient (Wildman–Crippen LogP) is 3.98. The molecule has 1 unspecified atom stereocenters. The first-order valence-electron chi connectivity index (χ1n) is 7.54. The fourth-order valence-electron chi connectivity index (χ4n) is 2.94. The number of nitriles is 1. The molecule has 1 atom stereocenters. The van der Waals surface area contributed by atoms with Crippen molar-refractivity contribution in [3.8, 4) is 11.8 Å². The molecule has 3 nitrogen and oxygen atoms in total. The first-order valence-corrected chi connectivity index (χ1v) is 7.54. The van der Waals surface area contributed by atoms with Crippen molar-refractivity contribution in [2.45, 2.75) is 51.6 Å². The summed E-state index contributed by atoms with van der Waals surface area (Å²) in [5.74, 6) is 0.771. The largest absolute Gasteiger partial charge is 0.494 e. The number of nitrogens with zero attached hydrogens (tertiary/aromatic N) is 1. The Bertz CT molecular complexity index is 472. The van der Waals surface area contributed by atoms with Crippen LogP contribution in [0.2, 0.25) is 0 Å². The summed E-state index contributed by atoms with van der Waals surface area (Å²) in [6.07, 6.45) is 5.01. The highest BCUT2D eigenvalue weighted by atomic mass is 16.5. The van der Waals surface area contributed by atoms with Crippen molar-refractivity contribution in [2.24, 2.45) is 5.41 Å². The smallest absolute Gasteiger partial charge is 0.119 e. The van der Waals surface area contributed by atoms with Gasteiger partial charge in [0.15, 0.2) is 0 Å². The lowest BCUT2D eigenvalue weighted by Crippen LogP contribution is -2.30. The van der Waals surface area contributed by atoms with E-state index in [1.165, 1.54) is 0 Å². The summed E-state index contributed by atoms with van der Waals surface area (Å²) in [4.78, 5) is 0. The molecule has 0 saturated heterocycles. The molecule has 0 heterocycles. The van der Waals surface area contributed by atoms with E-state index in [9.17, 15) is 10.4 Å². The van der Waals surface area contributed by atoms with Crippen molar-refractivity contribution >= 4 is 0 Å². The zero-order valence-electron chi connectivity index (χ0n) is 12.1. The maximum Gasteiger partial charge on any atom is 0.119 e. The van der Waals surface area contributed by atoms with E-state index < -0.39 is 11.5 Å². The molecule has 0 bridgehead atoms. The van der Waals surface area contributed by atoms with Crippen molar-refractivity contribution in [1.29, 1.82) is 5.26 Å². The molecule has 1 aliphatic rings. The summed E-state index contributed by atoms with van der Waals surface area (Å²) >= 11 is 0. The molecular weight excluding hydrogens is 250 g/mol. The molecule has 1 aromatic rings. The lowest BCUT2D eigenvalue weighted by Gasteiger charge is -2.35. The zero-order valence-corrected chi connectivity index (χ0v) is 12.1. The average Bonchev–Trinajstić information content (AvgIpc) is 2.53. The van der Waals surface area contributed by atoms with Gasteiger partial charge in [-0.2, -0.15) is 5.26 Å². The van der Waals surface area contributed by atoms with Crippen molar-refractivity contribution in [1.82, 2.24) is 0 Å². The Balaban J connectivity index is 2.19. The van der Waals surface area contributed by atoms with Gasteiger partial charge < -0.3 is 9.84 Å². The standard InChI is InChI=1S/C17H23NO2/c1-2-11-20-15-8-6-7-14(12-15)16(19)17(13-18)9-4-3-5-10-17/h6-8,12,16,19H,2-5,9-11H2,1H3. The van der Waals surface area contributed by atoms with Crippen LogP contribution >= 0.6 is 0 Å². The second-order valence-electron chi connectivity index (χ2n) is 5.65. The molecule has 0 radical (unpaired) electrons. The normalized spacial score (nSPS) is 19.1. The number of rotatable bonds is 5. The Morgan fingerprint density at radius 3 is 2.75 bits per heavy atom. The Labute approximate surface area is 121 Å². The minimum atomic E-state index is -0.724. The third-order valence-corrected chi connectivity index (χ3v) is 4.14. The van der Waals surface area contributed by atoms with E-state index >= 15 is 0 Å². The molecule has 0 amide bonds. The van der Waals surface area contributed by atoms with E-state index in [4.69, 9.17) is 4.74 Å². The fourth-order valence-corrected chi connectivity index (χ4v) is 2.94. The second-order valence-corrected chi connectivity index (χ2v) is 5.65. The maximum absolute atomic E-state index is 10.7. The van der Waals surface area contributed by atoms with Crippen LogP contribution in [0, 0.1) is 16.7 Å². The SMILES string of the molecule is CCCOc1cccc(C(O)C2(C#N)CCCCC2)c1. The summed E-state index contributed by atoms with van der Waals surface area (Å²) in [6.45, 7) is 2.73. The molecule has 0 aliphatic heterocycles. The van der Waals surface area contributed by atoms with E-state index in [0.29, 0.717) is 6.61 Å². The summed E-state index contributed by atoms with van der Waals surface area (Å²) in [5, 5.41) is 20.2. The van der Waals surface area contributed by atoms with Crippen molar-refractivity contribution in [2.75, 3.05) is 6.61 Å². The van der Waals surface area contributed by atoms with Crippen LogP contribution in [0.1, 0.15) is 57.1 Å². The zero-order chi connectivity index (χ0) is 14.4. The fraction of sp³-hybridized carbons (Fsp3) is 0.588. The highest BCUT2D eigenvalue weighted by Gasteiger charge is 2.40. The van der Waals surface area contributed by atoms with Crippen LogP contribution in [0.25, 0.3) is 0 Å². The minimum Gasteiger partial charge on any atom is -0.494 e. The van der Waals surface area contributed by atoms with Gasteiger partial charge in [-0.05, 0) is 37.0 Å². The molecule has 1 aliphatic carbocycles. The van der Waals surface area contributed by atoms with Gasteiger partial charge in [0.05, 0.1) is 24.2 Å². The molecule has 0 spiro atoms. The second kappa shape index (κ2) is 6.76. The van der Waals surface area contributed by atoms with Gasteiger partial charge in [-0.3, -0.25) is 0 Å². The van der Waals surface area contributed by atoms with Crippen molar-refractivity contribution in [3.63, 3.8) is 0 Å². The Hall–Kier alpha value is -1.53. The van der Waals surface area contributed by atoms with Gasteiger partial charge in [-0.15, -0.1) is 0 Å². The molecule has 1 aromatic carbocycles. The van der Waals surface area contributed by atoms with Gasteiger partial charge in [0.1, 0.15) is 5.75 Å². The first kappa shape index (κ1) is 14.9. The molecule has 2 rings (SSSR count). The van der Waals surface area contributed by atoms with E-state index in [-0.39, 0.29) is 0 Å². The van der Waals surface area contributed by atoms with Crippen molar-refractivity contribution in [3.05, 3.63) is 29.8 Å².